The number of piperidine rings is 1. The lowest BCUT2D eigenvalue weighted by atomic mass is 9.91. The van der Waals surface area contributed by atoms with Gasteiger partial charge in [-0.25, -0.2) is 4.98 Å². The van der Waals surface area contributed by atoms with E-state index in [4.69, 9.17) is 0 Å². The number of likely N-dealkylation sites (tertiary alicyclic amines) is 2. The number of hydrogen-bond acceptors (Lipinski definition) is 4. The Morgan fingerprint density at radius 1 is 1.26 bits per heavy atom. The summed E-state index contributed by atoms with van der Waals surface area (Å²) in [5, 5.41) is 3.00. The molecule has 1 N–H and O–H groups in total. The predicted molar refractivity (Wildman–Crippen MR) is 103 cm³/mol. The van der Waals surface area contributed by atoms with Crippen LogP contribution in [0.25, 0.3) is 5.65 Å². The Hall–Kier alpha value is -2.41. The van der Waals surface area contributed by atoms with E-state index < -0.39 is 0 Å². The van der Waals surface area contributed by atoms with Crippen LogP contribution in [-0.2, 0) is 4.79 Å². The van der Waals surface area contributed by atoms with Gasteiger partial charge in [-0.3, -0.25) is 9.59 Å². The van der Waals surface area contributed by atoms with Crippen LogP contribution in [0.3, 0.4) is 0 Å². The van der Waals surface area contributed by atoms with Gasteiger partial charge in [0.15, 0.2) is 0 Å². The maximum absolute atomic E-state index is 12.5. The molecule has 2 amide bonds. The van der Waals surface area contributed by atoms with Crippen LogP contribution >= 0.6 is 0 Å². The summed E-state index contributed by atoms with van der Waals surface area (Å²) in [7, 11) is 2.11. The summed E-state index contributed by atoms with van der Waals surface area (Å²) in [5.41, 5.74) is 2.32. The van der Waals surface area contributed by atoms with Crippen molar-refractivity contribution in [3.05, 3.63) is 35.8 Å². The van der Waals surface area contributed by atoms with Crippen LogP contribution in [0.5, 0.6) is 0 Å². The molecule has 2 aliphatic rings. The monoisotopic (exact) mass is 369 g/mol. The third-order valence-electron chi connectivity index (χ3n) is 5.73. The molecular weight excluding hydrogens is 342 g/mol. The van der Waals surface area contributed by atoms with E-state index in [9.17, 15) is 9.59 Å². The average Bonchev–Trinajstić information content (AvgIpc) is 2.99. The summed E-state index contributed by atoms with van der Waals surface area (Å²) in [6.45, 7) is 6.05. The van der Waals surface area contributed by atoms with Crippen LogP contribution in [0.2, 0.25) is 0 Å². The average molecular weight is 369 g/mol. The highest BCUT2D eigenvalue weighted by Crippen LogP contribution is 2.24. The topological polar surface area (TPSA) is 70.0 Å². The Bertz CT molecular complexity index is 847. The Morgan fingerprint density at radius 2 is 2.00 bits per heavy atom. The molecule has 2 aromatic rings. The van der Waals surface area contributed by atoms with Crippen LogP contribution in [-0.4, -0.2) is 70.8 Å². The third-order valence-corrected chi connectivity index (χ3v) is 5.73. The molecule has 4 rings (SSSR count). The molecular formula is C20H27N5O2. The first kappa shape index (κ1) is 18.0. The summed E-state index contributed by atoms with van der Waals surface area (Å²) in [4.78, 5) is 33.6. The Morgan fingerprint density at radius 3 is 2.74 bits per heavy atom. The highest BCUT2D eigenvalue weighted by Gasteiger charge is 2.35. The van der Waals surface area contributed by atoms with E-state index in [1.54, 1.807) is 12.1 Å². The fraction of sp³-hybridized carbons (Fsp3) is 0.550. The van der Waals surface area contributed by atoms with Gasteiger partial charge < -0.3 is 19.5 Å². The van der Waals surface area contributed by atoms with E-state index in [0.717, 1.165) is 50.4 Å². The number of nitrogens with zero attached hydrogens (tertiary/aromatic N) is 4. The van der Waals surface area contributed by atoms with E-state index in [1.165, 1.54) is 0 Å². The summed E-state index contributed by atoms with van der Waals surface area (Å²) in [5.74, 6) is 0.743. The minimum atomic E-state index is -0.0850. The van der Waals surface area contributed by atoms with E-state index in [2.05, 4.69) is 22.2 Å². The second kappa shape index (κ2) is 7.31. The molecule has 7 heteroatoms. The molecule has 0 spiro atoms. The second-order valence-electron chi connectivity index (χ2n) is 7.96. The standard InChI is InChI=1S/C20H27N5O2/c1-14-11-24-8-5-17(9-18(24)22-14)19(26)21-10-15-12-25(13-15)20(27)16-3-6-23(2)7-4-16/h5,8-9,11,15-16H,3-4,6-7,10,12-13H2,1-2H3,(H,21,26). The van der Waals surface area contributed by atoms with Crippen molar-refractivity contribution in [2.24, 2.45) is 11.8 Å². The molecule has 0 radical (unpaired) electrons. The third kappa shape index (κ3) is 3.83. The molecule has 0 aliphatic carbocycles. The molecule has 4 heterocycles. The number of pyridine rings is 1. The molecule has 0 saturated carbocycles. The van der Waals surface area contributed by atoms with Crippen LogP contribution in [0.4, 0.5) is 0 Å². The zero-order valence-electron chi connectivity index (χ0n) is 16.0. The zero-order chi connectivity index (χ0) is 19.0. The highest BCUT2D eigenvalue weighted by molar-refractivity contribution is 5.95. The summed E-state index contributed by atoms with van der Waals surface area (Å²) < 4.78 is 1.91. The van der Waals surface area contributed by atoms with Crippen molar-refractivity contribution in [1.82, 2.24) is 24.5 Å². The Kier molecular flexibility index (Phi) is 4.86. The predicted octanol–water partition coefficient (Wildman–Crippen LogP) is 1.17. The largest absolute Gasteiger partial charge is 0.352 e. The SMILES string of the molecule is Cc1cn2ccc(C(=O)NCC3CN(C(=O)C4CCN(C)CC4)C3)cc2n1. The smallest absolute Gasteiger partial charge is 0.251 e. The van der Waals surface area contributed by atoms with Crippen molar-refractivity contribution >= 4 is 17.5 Å². The fourth-order valence-corrected chi connectivity index (χ4v) is 3.98. The van der Waals surface area contributed by atoms with Gasteiger partial charge in [-0.15, -0.1) is 0 Å². The van der Waals surface area contributed by atoms with Crippen molar-refractivity contribution in [2.45, 2.75) is 19.8 Å². The summed E-state index contributed by atoms with van der Waals surface area (Å²) in [6, 6.07) is 3.61. The number of nitrogens with one attached hydrogen (secondary N) is 1. The van der Waals surface area contributed by atoms with Gasteiger partial charge in [0.1, 0.15) is 5.65 Å². The van der Waals surface area contributed by atoms with E-state index in [1.807, 2.05) is 28.6 Å². The van der Waals surface area contributed by atoms with Gasteiger partial charge in [-0.1, -0.05) is 0 Å². The molecule has 2 aromatic heterocycles. The van der Waals surface area contributed by atoms with Crippen molar-refractivity contribution < 1.29 is 9.59 Å². The van der Waals surface area contributed by atoms with Gasteiger partial charge in [0.25, 0.3) is 5.91 Å². The first-order valence-electron chi connectivity index (χ1n) is 9.70. The number of amides is 2. The minimum absolute atomic E-state index is 0.0850. The number of rotatable bonds is 4. The summed E-state index contributed by atoms with van der Waals surface area (Å²) >= 11 is 0. The molecule has 0 bridgehead atoms. The minimum Gasteiger partial charge on any atom is -0.352 e. The Labute approximate surface area is 159 Å². The summed E-state index contributed by atoms with van der Waals surface area (Å²) in [6.07, 6.45) is 5.71. The van der Waals surface area contributed by atoms with Gasteiger partial charge in [0.2, 0.25) is 5.91 Å². The van der Waals surface area contributed by atoms with Crippen LogP contribution in [0.15, 0.2) is 24.5 Å². The molecule has 0 atom stereocenters. The molecule has 0 aromatic carbocycles. The van der Waals surface area contributed by atoms with Crippen LogP contribution in [0.1, 0.15) is 28.9 Å². The van der Waals surface area contributed by atoms with Crippen molar-refractivity contribution in [3.63, 3.8) is 0 Å². The lowest BCUT2D eigenvalue weighted by Crippen LogP contribution is -2.56. The first-order chi connectivity index (χ1) is 13.0. The molecule has 7 nitrogen and oxygen atoms in total. The zero-order valence-corrected chi connectivity index (χ0v) is 16.0. The maximum atomic E-state index is 12.5. The first-order valence-corrected chi connectivity index (χ1v) is 9.70. The number of carbonyl (C=O) groups is 2. The molecule has 0 unspecified atom stereocenters. The molecule has 144 valence electrons. The lowest BCUT2D eigenvalue weighted by molar-refractivity contribution is -0.143. The van der Waals surface area contributed by atoms with E-state index in [0.29, 0.717) is 23.9 Å². The quantitative estimate of drug-likeness (QED) is 0.878. The molecule has 2 saturated heterocycles. The maximum Gasteiger partial charge on any atom is 0.251 e. The van der Waals surface area contributed by atoms with Gasteiger partial charge >= 0.3 is 0 Å². The van der Waals surface area contributed by atoms with Crippen molar-refractivity contribution in [3.8, 4) is 0 Å². The van der Waals surface area contributed by atoms with Crippen LogP contribution < -0.4 is 5.32 Å². The highest BCUT2D eigenvalue weighted by atomic mass is 16.2. The normalized spacial score (nSPS) is 19.3. The number of aromatic nitrogens is 2. The van der Waals surface area contributed by atoms with Gasteiger partial charge in [0.05, 0.1) is 5.69 Å². The van der Waals surface area contributed by atoms with Crippen LogP contribution in [0, 0.1) is 18.8 Å². The number of imidazole rings is 1. The number of aryl methyl sites for hydroxylation is 1. The van der Waals surface area contributed by atoms with Crippen molar-refractivity contribution in [2.75, 3.05) is 39.8 Å². The van der Waals surface area contributed by atoms with Gasteiger partial charge in [-0.05, 0) is 52.0 Å². The molecule has 2 fully saturated rings. The van der Waals surface area contributed by atoms with Gasteiger partial charge in [0, 0.05) is 49.4 Å². The van der Waals surface area contributed by atoms with E-state index >= 15 is 0 Å². The Balaban J connectivity index is 1.24. The molecule has 2 aliphatic heterocycles. The second-order valence-corrected chi connectivity index (χ2v) is 7.96. The fourth-order valence-electron chi connectivity index (χ4n) is 3.98. The van der Waals surface area contributed by atoms with Crippen molar-refractivity contribution in [1.29, 1.82) is 0 Å². The van der Waals surface area contributed by atoms with E-state index in [-0.39, 0.29) is 11.8 Å². The number of fused-ring (bicyclic) bond motifs is 1. The van der Waals surface area contributed by atoms with Gasteiger partial charge in [-0.2, -0.15) is 0 Å². The number of hydrogen-bond donors (Lipinski definition) is 1. The lowest BCUT2D eigenvalue weighted by Gasteiger charge is -2.42. The number of carbonyl (C=O) groups excluding carboxylic acids is 2. The molecule has 27 heavy (non-hydrogen) atoms.